The van der Waals surface area contributed by atoms with Gasteiger partial charge in [0.2, 0.25) is 0 Å². The number of imide groups is 2. The van der Waals surface area contributed by atoms with Crippen LogP contribution < -0.4 is 4.90 Å². The summed E-state index contributed by atoms with van der Waals surface area (Å²) in [5.41, 5.74) is 2.17. The molecule has 174 valence electrons. The molecule has 4 amide bonds. The average molecular weight is 468 g/mol. The molecule has 0 fully saturated rings. The van der Waals surface area contributed by atoms with Crippen LogP contribution in [0.1, 0.15) is 64.6 Å². The van der Waals surface area contributed by atoms with E-state index in [4.69, 9.17) is 4.74 Å². The van der Waals surface area contributed by atoms with Crippen molar-refractivity contribution in [1.82, 2.24) is 4.90 Å². The fraction of sp³-hybridized carbons (Fsp3) is 0.148. The quantitative estimate of drug-likeness (QED) is 0.298. The van der Waals surface area contributed by atoms with E-state index in [0.717, 1.165) is 4.90 Å². The van der Waals surface area contributed by atoms with Crippen LogP contribution in [0.25, 0.3) is 0 Å². The summed E-state index contributed by atoms with van der Waals surface area (Å²) in [4.78, 5) is 64.6. The molecule has 5 rings (SSSR count). The predicted molar refractivity (Wildman–Crippen MR) is 125 cm³/mol. The molecule has 0 unspecified atom stereocenters. The summed E-state index contributed by atoms with van der Waals surface area (Å²) >= 11 is 0. The number of nitrogens with zero attached hydrogens (tertiary/aromatic N) is 2. The number of amides is 4. The van der Waals surface area contributed by atoms with E-state index < -0.39 is 17.8 Å². The number of carbonyl (C=O) groups is 5. The summed E-state index contributed by atoms with van der Waals surface area (Å²) in [5, 5.41) is 0. The van der Waals surface area contributed by atoms with E-state index in [1.807, 2.05) is 0 Å². The van der Waals surface area contributed by atoms with Gasteiger partial charge in [-0.1, -0.05) is 24.3 Å². The van der Waals surface area contributed by atoms with Crippen LogP contribution in [-0.2, 0) is 4.74 Å². The minimum atomic E-state index is -0.542. The first-order valence-corrected chi connectivity index (χ1v) is 11.2. The minimum Gasteiger partial charge on any atom is -0.462 e. The predicted octanol–water partition coefficient (Wildman–Crippen LogP) is 3.72. The van der Waals surface area contributed by atoms with E-state index in [1.54, 1.807) is 48.5 Å². The molecule has 3 aromatic carbocycles. The summed E-state index contributed by atoms with van der Waals surface area (Å²) in [6, 6.07) is 19.4. The number of fused-ring (bicyclic) bond motifs is 2. The lowest BCUT2D eigenvalue weighted by Gasteiger charge is -2.14. The first-order valence-electron chi connectivity index (χ1n) is 11.2. The van der Waals surface area contributed by atoms with Gasteiger partial charge in [0.1, 0.15) is 0 Å². The molecule has 0 atom stereocenters. The van der Waals surface area contributed by atoms with Crippen molar-refractivity contribution in [2.24, 2.45) is 0 Å². The van der Waals surface area contributed by atoms with Crippen molar-refractivity contribution < 1.29 is 28.7 Å². The number of hydrogen-bond acceptors (Lipinski definition) is 6. The van der Waals surface area contributed by atoms with Gasteiger partial charge in [-0.3, -0.25) is 24.1 Å². The SMILES string of the molecule is O=C(OCCCCN1C(=O)c2ccccc2C1=O)c1ccc(N2C(=O)c3ccccc3C2=O)cc1. The first-order chi connectivity index (χ1) is 17.0. The molecule has 3 aromatic rings. The summed E-state index contributed by atoms with van der Waals surface area (Å²) < 4.78 is 5.29. The molecule has 2 aliphatic heterocycles. The topological polar surface area (TPSA) is 101 Å². The molecule has 2 aliphatic rings. The summed E-state index contributed by atoms with van der Waals surface area (Å²) in [5.74, 6) is -1.96. The van der Waals surface area contributed by atoms with Crippen molar-refractivity contribution in [2.45, 2.75) is 12.8 Å². The second-order valence-electron chi connectivity index (χ2n) is 8.19. The monoisotopic (exact) mass is 468 g/mol. The molecule has 0 saturated heterocycles. The lowest BCUT2D eigenvalue weighted by atomic mass is 10.1. The lowest BCUT2D eigenvalue weighted by molar-refractivity contribution is 0.0485. The van der Waals surface area contributed by atoms with Gasteiger partial charge in [-0.25, -0.2) is 9.69 Å². The van der Waals surface area contributed by atoms with Crippen LogP contribution in [0.2, 0.25) is 0 Å². The van der Waals surface area contributed by atoms with E-state index in [9.17, 15) is 24.0 Å². The van der Waals surface area contributed by atoms with Gasteiger partial charge in [-0.2, -0.15) is 0 Å². The molecule has 0 aliphatic carbocycles. The van der Waals surface area contributed by atoms with Gasteiger partial charge in [0.15, 0.2) is 0 Å². The van der Waals surface area contributed by atoms with Crippen LogP contribution in [0.15, 0.2) is 72.8 Å². The van der Waals surface area contributed by atoms with Gasteiger partial charge in [0, 0.05) is 6.54 Å². The number of anilines is 1. The zero-order chi connectivity index (χ0) is 24.5. The Morgan fingerprint density at radius 1 is 0.629 bits per heavy atom. The van der Waals surface area contributed by atoms with Gasteiger partial charge in [0.25, 0.3) is 23.6 Å². The molecule has 0 saturated carbocycles. The summed E-state index contributed by atoms with van der Waals surface area (Å²) in [7, 11) is 0. The molecule has 0 spiro atoms. The Labute approximate surface area is 200 Å². The third-order valence-electron chi connectivity index (χ3n) is 6.04. The van der Waals surface area contributed by atoms with Crippen molar-refractivity contribution in [3.63, 3.8) is 0 Å². The lowest BCUT2D eigenvalue weighted by Crippen LogP contribution is -2.30. The van der Waals surface area contributed by atoms with Gasteiger partial charge in [0.05, 0.1) is 40.1 Å². The van der Waals surface area contributed by atoms with E-state index in [-0.39, 0.29) is 30.5 Å². The van der Waals surface area contributed by atoms with Gasteiger partial charge in [-0.15, -0.1) is 0 Å². The third kappa shape index (κ3) is 3.89. The fourth-order valence-electron chi connectivity index (χ4n) is 4.23. The fourth-order valence-corrected chi connectivity index (χ4v) is 4.23. The number of ether oxygens (including phenoxy) is 1. The number of benzene rings is 3. The number of esters is 1. The number of carbonyl (C=O) groups excluding carboxylic acids is 5. The minimum absolute atomic E-state index is 0.127. The molecule has 0 bridgehead atoms. The van der Waals surface area contributed by atoms with Gasteiger partial charge in [-0.05, 0) is 61.4 Å². The standard InChI is InChI=1S/C27H20N2O6/c30-23-19-7-1-2-8-20(19)24(31)28(23)15-5-6-16-35-27(34)17-11-13-18(14-12-17)29-25(32)21-9-3-4-10-22(21)26(29)33/h1-4,7-14H,5-6,15-16H2. The average Bonchev–Trinajstić information content (AvgIpc) is 3.29. The highest BCUT2D eigenvalue weighted by Gasteiger charge is 2.36. The van der Waals surface area contributed by atoms with Crippen molar-refractivity contribution >= 4 is 35.3 Å². The number of rotatable bonds is 7. The normalized spacial score (nSPS) is 14.4. The molecule has 0 radical (unpaired) electrons. The smallest absolute Gasteiger partial charge is 0.338 e. The maximum absolute atomic E-state index is 12.6. The molecule has 0 aromatic heterocycles. The Hall–Kier alpha value is -4.59. The molecule has 2 heterocycles. The zero-order valence-electron chi connectivity index (χ0n) is 18.6. The third-order valence-corrected chi connectivity index (χ3v) is 6.04. The molecule has 0 N–H and O–H groups in total. The van der Waals surface area contributed by atoms with E-state index >= 15 is 0 Å². The number of hydrogen-bond donors (Lipinski definition) is 0. The Morgan fingerprint density at radius 2 is 1.11 bits per heavy atom. The van der Waals surface area contributed by atoms with Crippen molar-refractivity contribution in [2.75, 3.05) is 18.1 Å². The zero-order valence-corrected chi connectivity index (χ0v) is 18.6. The van der Waals surface area contributed by atoms with E-state index in [0.29, 0.717) is 40.8 Å². The Balaban J connectivity index is 1.12. The highest BCUT2D eigenvalue weighted by atomic mass is 16.5. The molecule has 8 nitrogen and oxygen atoms in total. The summed E-state index contributed by atoms with van der Waals surface area (Å²) in [6.07, 6.45) is 0.976. The van der Waals surface area contributed by atoms with E-state index in [1.165, 1.54) is 29.2 Å². The van der Waals surface area contributed by atoms with Crippen molar-refractivity contribution in [1.29, 1.82) is 0 Å². The maximum Gasteiger partial charge on any atom is 0.338 e. The van der Waals surface area contributed by atoms with Crippen LogP contribution in [0.3, 0.4) is 0 Å². The first kappa shape index (κ1) is 22.2. The summed E-state index contributed by atoms with van der Waals surface area (Å²) in [6.45, 7) is 0.376. The van der Waals surface area contributed by atoms with Crippen LogP contribution in [-0.4, -0.2) is 47.6 Å². The van der Waals surface area contributed by atoms with Gasteiger partial charge >= 0.3 is 5.97 Å². The van der Waals surface area contributed by atoms with Crippen LogP contribution in [0.5, 0.6) is 0 Å². The Bertz CT molecular complexity index is 1310. The second kappa shape index (κ2) is 8.98. The highest BCUT2D eigenvalue weighted by molar-refractivity contribution is 6.34. The van der Waals surface area contributed by atoms with Gasteiger partial charge < -0.3 is 4.74 Å². The molecular weight excluding hydrogens is 448 g/mol. The van der Waals surface area contributed by atoms with Crippen molar-refractivity contribution in [3.05, 3.63) is 101 Å². The van der Waals surface area contributed by atoms with Crippen LogP contribution in [0, 0.1) is 0 Å². The van der Waals surface area contributed by atoms with Crippen LogP contribution >= 0.6 is 0 Å². The van der Waals surface area contributed by atoms with Crippen LogP contribution in [0.4, 0.5) is 5.69 Å². The van der Waals surface area contributed by atoms with E-state index in [2.05, 4.69) is 0 Å². The largest absolute Gasteiger partial charge is 0.462 e. The number of unbranched alkanes of at least 4 members (excludes halogenated alkanes) is 1. The second-order valence-corrected chi connectivity index (χ2v) is 8.19. The van der Waals surface area contributed by atoms with Crippen molar-refractivity contribution in [3.8, 4) is 0 Å². The Kier molecular flexibility index (Phi) is 5.70. The Morgan fingerprint density at radius 3 is 1.63 bits per heavy atom. The molecule has 35 heavy (non-hydrogen) atoms. The molecular formula is C27H20N2O6. The molecule has 8 heteroatoms. The maximum atomic E-state index is 12.6. The highest BCUT2D eigenvalue weighted by Crippen LogP contribution is 2.28.